The summed E-state index contributed by atoms with van der Waals surface area (Å²) < 4.78 is 7.46. The Hall–Kier alpha value is -2.50. The monoisotopic (exact) mass is 431 g/mol. The molecule has 0 aliphatic heterocycles. The summed E-state index contributed by atoms with van der Waals surface area (Å²) in [5.41, 5.74) is 3.24. The van der Waals surface area contributed by atoms with Crippen LogP contribution in [0.25, 0.3) is 0 Å². The summed E-state index contributed by atoms with van der Waals surface area (Å²) in [6.07, 6.45) is 0.709. The average molecular weight is 432 g/mol. The number of benzene rings is 2. The molecule has 0 spiro atoms. The first-order valence-electron chi connectivity index (χ1n) is 9.38. The Morgan fingerprint density at radius 1 is 1.17 bits per heavy atom. The van der Waals surface area contributed by atoms with Gasteiger partial charge in [0.1, 0.15) is 5.75 Å². The maximum Gasteiger partial charge on any atom is 0.232 e. The van der Waals surface area contributed by atoms with Gasteiger partial charge in [0.15, 0.2) is 6.73 Å². The van der Waals surface area contributed by atoms with Crippen molar-refractivity contribution < 1.29 is 9.53 Å². The fourth-order valence-electron chi connectivity index (χ4n) is 3.19. The molecule has 1 heterocycles. The van der Waals surface area contributed by atoms with Gasteiger partial charge in [0.25, 0.3) is 0 Å². The van der Waals surface area contributed by atoms with Gasteiger partial charge in [0, 0.05) is 5.02 Å². The van der Waals surface area contributed by atoms with E-state index in [4.69, 9.17) is 27.9 Å². The number of carbonyl (C=O) groups is 1. The van der Waals surface area contributed by atoms with Crippen molar-refractivity contribution in [3.05, 3.63) is 75.5 Å². The third-order valence-electron chi connectivity index (χ3n) is 4.79. The second-order valence-electron chi connectivity index (χ2n) is 6.75. The molecule has 1 aromatic heterocycles. The number of ether oxygens (including phenoxy) is 1. The highest BCUT2D eigenvalue weighted by Gasteiger charge is 2.22. The van der Waals surface area contributed by atoms with Gasteiger partial charge in [0.05, 0.1) is 28.0 Å². The Kier molecular flexibility index (Phi) is 6.83. The van der Waals surface area contributed by atoms with E-state index in [2.05, 4.69) is 10.4 Å². The number of rotatable bonds is 7. The number of halogens is 2. The summed E-state index contributed by atoms with van der Waals surface area (Å²) in [4.78, 5) is 12.9. The van der Waals surface area contributed by atoms with E-state index < -0.39 is 0 Å². The fraction of sp³-hybridized carbons (Fsp3) is 0.273. The van der Waals surface area contributed by atoms with E-state index in [0.29, 0.717) is 27.9 Å². The van der Waals surface area contributed by atoms with Gasteiger partial charge in [-0.05, 0) is 44.0 Å². The van der Waals surface area contributed by atoms with Crippen molar-refractivity contribution in [2.75, 3.05) is 5.32 Å². The number of nitrogens with one attached hydrogen (secondary N) is 1. The number of carbonyl (C=O) groups excluding carboxylic acids is 1. The molecular weight excluding hydrogens is 409 g/mol. The summed E-state index contributed by atoms with van der Waals surface area (Å²) >= 11 is 12.1. The number of hydrogen-bond acceptors (Lipinski definition) is 3. The van der Waals surface area contributed by atoms with Gasteiger partial charge >= 0.3 is 0 Å². The third-order valence-corrected chi connectivity index (χ3v) is 5.32. The highest BCUT2D eigenvalue weighted by Crippen LogP contribution is 2.29. The average Bonchev–Trinajstić information content (AvgIpc) is 2.96. The van der Waals surface area contributed by atoms with Crippen LogP contribution in [0.4, 0.5) is 5.69 Å². The van der Waals surface area contributed by atoms with Crippen molar-refractivity contribution in [1.82, 2.24) is 9.78 Å². The molecule has 152 valence electrons. The molecule has 3 aromatic rings. The smallest absolute Gasteiger partial charge is 0.232 e. The number of nitrogens with zero attached hydrogens (tertiary/aromatic N) is 2. The molecule has 7 heteroatoms. The molecule has 0 saturated carbocycles. The quantitative estimate of drug-likeness (QED) is 0.500. The highest BCUT2D eigenvalue weighted by molar-refractivity contribution is 6.35. The van der Waals surface area contributed by atoms with Gasteiger partial charge < -0.3 is 10.1 Å². The number of hydrogen-bond donors (Lipinski definition) is 1. The standard InChI is InChI=1S/C22H23Cl2N3O2/c1-4-18(16-8-6-5-7-9-16)22(28)25-21-14(2)26-27(15(21)3)13-29-20-11-10-17(23)12-19(20)24/h5-12,18H,4,13H2,1-3H3,(H,25,28). The van der Waals surface area contributed by atoms with Crippen LogP contribution in [-0.4, -0.2) is 15.7 Å². The van der Waals surface area contributed by atoms with E-state index in [1.54, 1.807) is 22.9 Å². The van der Waals surface area contributed by atoms with Gasteiger partial charge in [-0.15, -0.1) is 0 Å². The van der Waals surface area contributed by atoms with E-state index in [-0.39, 0.29) is 18.6 Å². The second-order valence-corrected chi connectivity index (χ2v) is 7.60. The molecule has 1 atom stereocenters. The minimum Gasteiger partial charge on any atom is -0.470 e. The van der Waals surface area contributed by atoms with Crippen molar-refractivity contribution in [2.24, 2.45) is 0 Å². The van der Waals surface area contributed by atoms with E-state index in [1.165, 1.54) is 0 Å². The lowest BCUT2D eigenvalue weighted by Gasteiger charge is -2.16. The van der Waals surface area contributed by atoms with Gasteiger partial charge in [-0.25, -0.2) is 4.68 Å². The van der Waals surface area contributed by atoms with Gasteiger partial charge in [0.2, 0.25) is 5.91 Å². The molecule has 0 aliphatic rings. The maximum absolute atomic E-state index is 12.9. The maximum atomic E-state index is 12.9. The Morgan fingerprint density at radius 2 is 1.90 bits per heavy atom. The van der Waals surface area contributed by atoms with Crippen LogP contribution in [0.5, 0.6) is 5.75 Å². The largest absolute Gasteiger partial charge is 0.470 e. The molecule has 0 saturated heterocycles. The first-order chi connectivity index (χ1) is 13.9. The SMILES string of the molecule is CCC(C(=O)Nc1c(C)nn(COc2ccc(Cl)cc2Cl)c1C)c1ccccc1. The third kappa shape index (κ3) is 4.92. The van der Waals surface area contributed by atoms with Gasteiger partial charge in [-0.3, -0.25) is 4.79 Å². The van der Waals surface area contributed by atoms with Crippen molar-refractivity contribution in [1.29, 1.82) is 0 Å². The van der Waals surface area contributed by atoms with Crippen LogP contribution in [0.1, 0.15) is 36.2 Å². The van der Waals surface area contributed by atoms with Crippen LogP contribution in [-0.2, 0) is 11.5 Å². The first kappa shape index (κ1) is 21.2. The molecule has 0 aliphatic carbocycles. The number of aryl methyl sites for hydroxylation is 1. The van der Waals surface area contributed by atoms with Crippen molar-refractivity contribution in [2.45, 2.75) is 39.8 Å². The topological polar surface area (TPSA) is 56.2 Å². The lowest BCUT2D eigenvalue weighted by Crippen LogP contribution is -2.21. The minimum atomic E-state index is -0.220. The Bertz CT molecular complexity index is 1000. The molecule has 5 nitrogen and oxygen atoms in total. The van der Waals surface area contributed by atoms with E-state index in [9.17, 15) is 4.79 Å². The minimum absolute atomic E-state index is 0.0499. The van der Waals surface area contributed by atoms with Crippen LogP contribution in [0.3, 0.4) is 0 Å². The Morgan fingerprint density at radius 3 is 2.55 bits per heavy atom. The van der Waals surface area contributed by atoms with Crippen LogP contribution < -0.4 is 10.1 Å². The van der Waals surface area contributed by atoms with Crippen LogP contribution in [0.2, 0.25) is 10.0 Å². The molecule has 0 fully saturated rings. The van der Waals surface area contributed by atoms with Crippen LogP contribution in [0, 0.1) is 13.8 Å². The highest BCUT2D eigenvalue weighted by atomic mass is 35.5. The molecule has 1 unspecified atom stereocenters. The van der Waals surface area contributed by atoms with E-state index in [0.717, 1.165) is 17.0 Å². The van der Waals surface area contributed by atoms with Crippen molar-refractivity contribution >= 4 is 34.8 Å². The summed E-state index contributed by atoms with van der Waals surface area (Å²) in [7, 11) is 0. The second kappa shape index (κ2) is 9.33. The summed E-state index contributed by atoms with van der Waals surface area (Å²) in [5.74, 6) is 0.248. The molecular formula is C22H23Cl2N3O2. The molecule has 2 aromatic carbocycles. The normalized spacial score (nSPS) is 11.9. The van der Waals surface area contributed by atoms with E-state index in [1.807, 2.05) is 51.1 Å². The predicted octanol–water partition coefficient (Wildman–Crippen LogP) is 5.98. The summed E-state index contributed by atoms with van der Waals surface area (Å²) in [5, 5.41) is 8.51. The van der Waals surface area contributed by atoms with Crippen LogP contribution >= 0.6 is 23.2 Å². The number of amides is 1. The zero-order valence-corrected chi connectivity index (χ0v) is 18.1. The molecule has 29 heavy (non-hydrogen) atoms. The zero-order valence-electron chi connectivity index (χ0n) is 16.6. The lowest BCUT2D eigenvalue weighted by molar-refractivity contribution is -0.117. The summed E-state index contributed by atoms with van der Waals surface area (Å²) in [6, 6.07) is 14.8. The van der Waals surface area contributed by atoms with Gasteiger partial charge in [-0.2, -0.15) is 5.10 Å². The van der Waals surface area contributed by atoms with E-state index >= 15 is 0 Å². The summed E-state index contributed by atoms with van der Waals surface area (Å²) in [6.45, 7) is 5.92. The molecule has 3 rings (SSSR count). The zero-order chi connectivity index (χ0) is 21.0. The van der Waals surface area contributed by atoms with Crippen molar-refractivity contribution in [3.8, 4) is 5.75 Å². The molecule has 1 N–H and O–H groups in total. The number of aromatic nitrogens is 2. The Labute approximate surface area is 180 Å². The number of anilines is 1. The Balaban J connectivity index is 1.74. The molecule has 0 bridgehead atoms. The van der Waals surface area contributed by atoms with Gasteiger partial charge in [-0.1, -0.05) is 60.5 Å². The predicted molar refractivity (Wildman–Crippen MR) is 117 cm³/mol. The molecule has 1 amide bonds. The van der Waals surface area contributed by atoms with Crippen LogP contribution in [0.15, 0.2) is 48.5 Å². The first-order valence-corrected chi connectivity index (χ1v) is 10.1. The van der Waals surface area contributed by atoms with Crippen molar-refractivity contribution in [3.63, 3.8) is 0 Å². The lowest BCUT2D eigenvalue weighted by atomic mass is 9.95. The fourth-order valence-corrected chi connectivity index (χ4v) is 3.66. The molecule has 0 radical (unpaired) electrons.